The Bertz CT molecular complexity index is 386. The molecule has 19 heavy (non-hydrogen) atoms. The van der Waals surface area contributed by atoms with E-state index in [1.165, 1.54) is 0 Å². The van der Waals surface area contributed by atoms with Gasteiger partial charge in [-0.2, -0.15) is 4.98 Å². The largest absolute Gasteiger partial charge is 0.381 e. The molecule has 1 unspecified atom stereocenters. The van der Waals surface area contributed by atoms with E-state index < -0.39 is 5.54 Å². The van der Waals surface area contributed by atoms with Crippen molar-refractivity contribution >= 4 is 0 Å². The van der Waals surface area contributed by atoms with Gasteiger partial charge in [-0.3, -0.25) is 0 Å². The molecule has 1 aromatic rings. The first-order valence-corrected chi connectivity index (χ1v) is 6.92. The molecule has 6 nitrogen and oxygen atoms in total. The second-order valence-electron chi connectivity index (χ2n) is 5.31. The minimum absolute atomic E-state index is 0.294. The number of hydrogen-bond acceptors (Lipinski definition) is 6. The summed E-state index contributed by atoms with van der Waals surface area (Å²) < 4.78 is 16.2. The highest BCUT2D eigenvalue weighted by Crippen LogP contribution is 2.26. The molecule has 1 saturated heterocycles. The smallest absolute Gasteiger partial charge is 0.230 e. The highest BCUT2D eigenvalue weighted by molar-refractivity contribution is 5.04. The Balaban J connectivity index is 1.98. The third-order valence-corrected chi connectivity index (χ3v) is 3.27. The van der Waals surface area contributed by atoms with Crippen molar-refractivity contribution in [1.82, 2.24) is 10.1 Å². The third-order valence-electron chi connectivity index (χ3n) is 3.27. The maximum atomic E-state index is 6.19. The molecular formula is C13H23N3O3. The number of ether oxygens (including phenoxy) is 2. The van der Waals surface area contributed by atoms with E-state index in [1.54, 1.807) is 0 Å². The van der Waals surface area contributed by atoms with Crippen LogP contribution >= 0.6 is 0 Å². The molecule has 1 aliphatic heterocycles. The van der Waals surface area contributed by atoms with E-state index in [4.69, 9.17) is 19.7 Å². The standard InChI is InChI=1S/C13H23N3O3/c1-3-6-18-9-13(2,14)12-15-11(19-16-12)10-4-7-17-8-5-10/h10H,3-9,14H2,1-2H3. The average molecular weight is 269 g/mol. The van der Waals surface area contributed by atoms with Crippen LogP contribution in [-0.4, -0.2) is 36.6 Å². The molecule has 2 rings (SSSR count). The summed E-state index contributed by atoms with van der Waals surface area (Å²) in [6.07, 6.45) is 2.82. The van der Waals surface area contributed by atoms with Crippen LogP contribution in [0.15, 0.2) is 4.52 Å². The summed E-state index contributed by atoms with van der Waals surface area (Å²) in [4.78, 5) is 4.45. The van der Waals surface area contributed by atoms with Crippen molar-refractivity contribution in [3.05, 3.63) is 11.7 Å². The summed E-state index contributed by atoms with van der Waals surface area (Å²) in [6, 6.07) is 0. The van der Waals surface area contributed by atoms with E-state index in [-0.39, 0.29) is 0 Å². The molecule has 1 aromatic heterocycles. The summed E-state index contributed by atoms with van der Waals surface area (Å²) in [5, 5.41) is 4.01. The summed E-state index contributed by atoms with van der Waals surface area (Å²) in [5.41, 5.74) is 5.48. The minimum atomic E-state index is -0.706. The van der Waals surface area contributed by atoms with E-state index in [0.717, 1.165) is 32.5 Å². The van der Waals surface area contributed by atoms with Gasteiger partial charge in [-0.15, -0.1) is 0 Å². The minimum Gasteiger partial charge on any atom is -0.381 e. The molecule has 0 spiro atoms. The second-order valence-corrected chi connectivity index (χ2v) is 5.31. The number of nitrogens with zero attached hydrogens (tertiary/aromatic N) is 2. The van der Waals surface area contributed by atoms with Crippen LogP contribution in [0.4, 0.5) is 0 Å². The van der Waals surface area contributed by atoms with E-state index in [0.29, 0.717) is 30.8 Å². The van der Waals surface area contributed by atoms with Crippen molar-refractivity contribution in [2.45, 2.75) is 44.6 Å². The molecule has 0 saturated carbocycles. The van der Waals surface area contributed by atoms with Crippen molar-refractivity contribution in [2.24, 2.45) is 5.73 Å². The van der Waals surface area contributed by atoms with Crippen LogP contribution < -0.4 is 5.73 Å². The maximum Gasteiger partial charge on any atom is 0.230 e. The molecule has 0 aromatic carbocycles. The Hall–Kier alpha value is -0.980. The van der Waals surface area contributed by atoms with Crippen LogP contribution in [0, 0.1) is 0 Å². The number of hydrogen-bond donors (Lipinski definition) is 1. The predicted octanol–water partition coefficient (Wildman–Crippen LogP) is 1.56. The van der Waals surface area contributed by atoms with Crippen LogP contribution in [0.25, 0.3) is 0 Å². The van der Waals surface area contributed by atoms with Gasteiger partial charge in [-0.05, 0) is 26.2 Å². The topological polar surface area (TPSA) is 83.4 Å². The molecule has 1 atom stereocenters. The zero-order valence-corrected chi connectivity index (χ0v) is 11.7. The van der Waals surface area contributed by atoms with Crippen LogP contribution in [-0.2, 0) is 15.0 Å². The van der Waals surface area contributed by atoms with Gasteiger partial charge in [0, 0.05) is 25.7 Å². The lowest BCUT2D eigenvalue weighted by Crippen LogP contribution is -2.39. The van der Waals surface area contributed by atoms with Gasteiger partial charge in [0.15, 0.2) is 5.82 Å². The zero-order chi connectivity index (χ0) is 13.7. The maximum absolute atomic E-state index is 6.19. The van der Waals surface area contributed by atoms with Gasteiger partial charge in [0.1, 0.15) is 5.54 Å². The fourth-order valence-corrected chi connectivity index (χ4v) is 2.07. The van der Waals surface area contributed by atoms with Gasteiger partial charge in [0.25, 0.3) is 0 Å². The first kappa shape index (κ1) is 14.4. The average Bonchev–Trinajstić information content (AvgIpc) is 2.90. The fraction of sp³-hybridized carbons (Fsp3) is 0.846. The van der Waals surface area contributed by atoms with Crippen LogP contribution in [0.5, 0.6) is 0 Å². The van der Waals surface area contributed by atoms with Gasteiger partial charge in [0.05, 0.1) is 6.61 Å². The van der Waals surface area contributed by atoms with Gasteiger partial charge in [-0.25, -0.2) is 0 Å². The summed E-state index contributed by atoms with van der Waals surface area (Å²) in [7, 11) is 0. The summed E-state index contributed by atoms with van der Waals surface area (Å²) in [5.74, 6) is 1.48. The van der Waals surface area contributed by atoms with Crippen molar-refractivity contribution in [3.8, 4) is 0 Å². The molecule has 2 heterocycles. The SMILES string of the molecule is CCCOCC(C)(N)c1noc(C2CCOCC2)n1. The van der Waals surface area contributed by atoms with Crippen LogP contribution in [0.2, 0.25) is 0 Å². The first-order valence-electron chi connectivity index (χ1n) is 6.92. The lowest BCUT2D eigenvalue weighted by Gasteiger charge is -2.20. The van der Waals surface area contributed by atoms with E-state index in [1.807, 2.05) is 6.92 Å². The lowest BCUT2D eigenvalue weighted by atomic mass is 10.00. The van der Waals surface area contributed by atoms with Crippen LogP contribution in [0.3, 0.4) is 0 Å². The first-order chi connectivity index (χ1) is 9.13. The van der Waals surface area contributed by atoms with Gasteiger partial charge in [-0.1, -0.05) is 12.1 Å². The van der Waals surface area contributed by atoms with E-state index >= 15 is 0 Å². The summed E-state index contributed by atoms with van der Waals surface area (Å²) in [6.45, 7) is 6.52. The van der Waals surface area contributed by atoms with Crippen molar-refractivity contribution in [1.29, 1.82) is 0 Å². The molecule has 1 fully saturated rings. The highest BCUT2D eigenvalue weighted by atomic mass is 16.5. The Kier molecular flexibility index (Phi) is 4.90. The predicted molar refractivity (Wildman–Crippen MR) is 69.7 cm³/mol. The quantitative estimate of drug-likeness (QED) is 0.789. The molecule has 108 valence electrons. The Morgan fingerprint density at radius 1 is 1.42 bits per heavy atom. The Morgan fingerprint density at radius 2 is 2.16 bits per heavy atom. The molecule has 0 bridgehead atoms. The number of rotatable bonds is 6. The van der Waals surface area contributed by atoms with Gasteiger partial charge >= 0.3 is 0 Å². The molecule has 6 heteroatoms. The second kappa shape index (κ2) is 6.45. The van der Waals surface area contributed by atoms with E-state index in [2.05, 4.69) is 17.1 Å². The van der Waals surface area contributed by atoms with Crippen molar-refractivity contribution in [3.63, 3.8) is 0 Å². The van der Waals surface area contributed by atoms with Crippen LogP contribution in [0.1, 0.15) is 50.7 Å². The number of aromatic nitrogens is 2. The van der Waals surface area contributed by atoms with E-state index in [9.17, 15) is 0 Å². The van der Waals surface area contributed by atoms with Crippen molar-refractivity contribution < 1.29 is 14.0 Å². The molecule has 0 aliphatic carbocycles. The Labute approximate surface area is 113 Å². The normalized spacial score (nSPS) is 20.4. The zero-order valence-electron chi connectivity index (χ0n) is 11.7. The summed E-state index contributed by atoms with van der Waals surface area (Å²) >= 11 is 0. The van der Waals surface area contributed by atoms with Gasteiger partial charge < -0.3 is 19.7 Å². The molecule has 1 aliphatic rings. The third kappa shape index (κ3) is 3.75. The van der Waals surface area contributed by atoms with Gasteiger partial charge in [0.2, 0.25) is 5.89 Å². The molecular weight excluding hydrogens is 246 g/mol. The molecule has 0 radical (unpaired) electrons. The van der Waals surface area contributed by atoms with Crippen molar-refractivity contribution in [2.75, 3.05) is 26.4 Å². The Morgan fingerprint density at radius 3 is 2.84 bits per heavy atom. The lowest BCUT2D eigenvalue weighted by molar-refractivity contribution is 0.0778. The fourth-order valence-electron chi connectivity index (χ4n) is 2.07. The molecule has 2 N–H and O–H groups in total. The number of nitrogens with two attached hydrogens (primary N) is 1. The molecule has 0 amide bonds. The highest BCUT2D eigenvalue weighted by Gasteiger charge is 2.30. The monoisotopic (exact) mass is 269 g/mol.